The first-order chi connectivity index (χ1) is 25.7. The number of ketones is 1. The van der Waals surface area contributed by atoms with Crippen LogP contribution in [-0.2, 0) is 38.1 Å². The van der Waals surface area contributed by atoms with E-state index in [1.807, 2.05) is 20.8 Å². The van der Waals surface area contributed by atoms with Crippen LogP contribution in [-0.4, -0.2) is 102 Å². The first-order valence-corrected chi connectivity index (χ1v) is 21.0. The molecule has 0 radical (unpaired) electrons. The Morgan fingerprint density at radius 3 is 2.22 bits per heavy atom. The van der Waals surface area contributed by atoms with Gasteiger partial charge in [0.1, 0.15) is 6.10 Å². The molecule has 308 valence electrons. The molecule has 13 atom stereocenters. The van der Waals surface area contributed by atoms with Gasteiger partial charge in [-0.2, -0.15) is 0 Å². The molecule has 13 unspecified atom stereocenters. The highest BCUT2D eigenvalue weighted by Crippen LogP contribution is 2.35. The first-order valence-electron chi connectivity index (χ1n) is 21.0. The van der Waals surface area contributed by atoms with Crippen molar-refractivity contribution in [1.29, 1.82) is 0 Å². The zero-order chi connectivity index (χ0) is 39.4. The Morgan fingerprint density at radius 1 is 0.796 bits per heavy atom. The van der Waals surface area contributed by atoms with Crippen molar-refractivity contribution in [2.24, 2.45) is 23.7 Å². The topological polar surface area (TPSA) is 173 Å². The van der Waals surface area contributed by atoms with Crippen LogP contribution in [0.15, 0.2) is 11.6 Å². The second-order valence-electron chi connectivity index (χ2n) is 17.0. The number of nitrogens with one attached hydrogen (secondary N) is 2. The Labute approximate surface area is 323 Å². The molecule has 12 heteroatoms. The number of ether oxygens (including phenoxy) is 4. The number of carboxylic acids is 1. The van der Waals surface area contributed by atoms with Gasteiger partial charge in [-0.1, -0.05) is 39.3 Å². The summed E-state index contributed by atoms with van der Waals surface area (Å²) in [6.07, 6.45) is 12.5. The Hall–Kier alpha value is -2.38. The number of aliphatic carboxylic acids is 1. The third-order valence-corrected chi connectivity index (χ3v) is 12.2. The number of hydrogen-bond donors (Lipinski definition) is 4. The maximum absolute atomic E-state index is 12.9. The maximum Gasteiger partial charge on any atom is 0.303 e. The lowest BCUT2D eigenvalue weighted by Gasteiger charge is -2.41. The molecule has 12 nitrogen and oxygen atoms in total. The number of carboxylic acid groups (broad SMARTS) is 1. The number of allylic oxidation sites excluding steroid dienone is 2. The number of aliphatic hydroxyl groups excluding tert-OH is 1. The fourth-order valence-electron chi connectivity index (χ4n) is 8.34. The fraction of sp³-hybridized carbons (Fsp3) is 0.857. The number of aliphatic hydroxyl groups is 1. The zero-order valence-electron chi connectivity index (χ0n) is 33.8. The van der Waals surface area contributed by atoms with Gasteiger partial charge < -0.3 is 39.8 Å². The predicted molar refractivity (Wildman–Crippen MR) is 205 cm³/mol. The summed E-state index contributed by atoms with van der Waals surface area (Å²) in [4.78, 5) is 48.9. The van der Waals surface area contributed by atoms with Gasteiger partial charge in [-0.25, -0.2) is 0 Å². The zero-order valence-corrected chi connectivity index (χ0v) is 33.8. The van der Waals surface area contributed by atoms with Crippen molar-refractivity contribution in [2.75, 3.05) is 13.1 Å². The minimum Gasteiger partial charge on any atom is -0.481 e. The molecule has 0 spiro atoms. The number of epoxide rings is 1. The second-order valence-corrected chi connectivity index (χ2v) is 17.0. The van der Waals surface area contributed by atoms with Crippen molar-refractivity contribution >= 4 is 23.6 Å². The van der Waals surface area contributed by atoms with Crippen molar-refractivity contribution < 1.29 is 48.3 Å². The smallest absolute Gasteiger partial charge is 0.303 e. The summed E-state index contributed by atoms with van der Waals surface area (Å²) in [5.41, 5.74) is 1.13. The van der Waals surface area contributed by atoms with Crippen LogP contribution in [0.25, 0.3) is 0 Å². The minimum absolute atomic E-state index is 0.0205. The number of Topliss-reactive ketones (excluding diaryl/α,β-unsaturated/α-hetero) is 1. The van der Waals surface area contributed by atoms with Crippen molar-refractivity contribution in [3.8, 4) is 0 Å². The molecule has 0 aromatic heterocycles. The summed E-state index contributed by atoms with van der Waals surface area (Å²) in [5.74, 6) is -0.908. The molecule has 0 aromatic carbocycles. The van der Waals surface area contributed by atoms with Gasteiger partial charge in [-0.3, -0.25) is 19.2 Å². The summed E-state index contributed by atoms with van der Waals surface area (Å²) in [6.45, 7) is 12.5. The summed E-state index contributed by atoms with van der Waals surface area (Å²) in [5, 5.41) is 25.4. The highest BCUT2D eigenvalue weighted by molar-refractivity contribution is 5.86. The summed E-state index contributed by atoms with van der Waals surface area (Å²) >= 11 is 0. The Morgan fingerprint density at radius 2 is 1.50 bits per heavy atom. The monoisotopic (exact) mass is 763 g/mol. The molecule has 0 bridgehead atoms. The largest absolute Gasteiger partial charge is 0.481 e. The molecule has 4 fully saturated rings. The second kappa shape index (κ2) is 21.8. The molecule has 0 saturated carbocycles. The fourth-order valence-corrected chi connectivity index (χ4v) is 8.34. The van der Waals surface area contributed by atoms with Gasteiger partial charge in [0.15, 0.2) is 5.78 Å². The lowest BCUT2D eigenvalue weighted by atomic mass is 9.87. The standard InChI is InChI=1S/C42H70N2O10/c1-25(21-26(2)13-19-40(48)49)12-16-31-9-7-10-36(52-31)37-18-15-27(3)35(54-37)11-8-20-43-42(50)29(5)34(46)24-44-39(47)23-38-28(4)14-17-32(53-38)22-33(45)41-30(6)51-41/h21,25,27-32,34-38,41,46H,7-20,22-24H2,1-6H3,(H,43,50)(H,44,47)(H,48,49). The van der Waals surface area contributed by atoms with E-state index >= 15 is 0 Å². The molecule has 4 N–H and O–H groups in total. The van der Waals surface area contributed by atoms with Crippen LogP contribution in [0.2, 0.25) is 0 Å². The Kier molecular flexibility index (Phi) is 17.9. The van der Waals surface area contributed by atoms with Gasteiger partial charge >= 0.3 is 5.97 Å². The highest BCUT2D eigenvalue weighted by atomic mass is 16.6. The van der Waals surface area contributed by atoms with Crippen LogP contribution in [0, 0.1) is 23.7 Å². The number of carbonyl (C=O) groups excluding carboxylic acids is 3. The van der Waals surface area contributed by atoms with E-state index in [2.05, 4.69) is 30.6 Å². The first kappa shape index (κ1) is 44.3. The van der Waals surface area contributed by atoms with Crippen molar-refractivity contribution in [2.45, 2.75) is 193 Å². The van der Waals surface area contributed by atoms with Crippen LogP contribution >= 0.6 is 0 Å². The quantitative estimate of drug-likeness (QED) is 0.0649. The average molecular weight is 763 g/mol. The average Bonchev–Trinajstić information content (AvgIpc) is 3.88. The van der Waals surface area contributed by atoms with Gasteiger partial charge in [-0.15, -0.1) is 0 Å². The number of hydrogen-bond acceptors (Lipinski definition) is 9. The van der Waals surface area contributed by atoms with Crippen LogP contribution in [0.4, 0.5) is 0 Å². The van der Waals surface area contributed by atoms with E-state index < -0.39 is 18.0 Å². The van der Waals surface area contributed by atoms with Gasteiger partial charge in [0.25, 0.3) is 0 Å². The maximum atomic E-state index is 12.9. The Balaban J connectivity index is 1.10. The predicted octanol–water partition coefficient (Wildman–Crippen LogP) is 5.67. The number of carbonyl (C=O) groups is 4. The summed E-state index contributed by atoms with van der Waals surface area (Å²) in [7, 11) is 0. The molecular weight excluding hydrogens is 692 g/mol. The molecular formula is C42H70N2O10. The van der Waals surface area contributed by atoms with Crippen LogP contribution in [0.3, 0.4) is 0 Å². The van der Waals surface area contributed by atoms with Gasteiger partial charge in [-0.05, 0) is 109 Å². The third-order valence-electron chi connectivity index (χ3n) is 12.2. The van der Waals surface area contributed by atoms with E-state index in [9.17, 15) is 24.3 Å². The van der Waals surface area contributed by atoms with E-state index in [1.54, 1.807) is 6.92 Å². The third kappa shape index (κ3) is 14.6. The van der Waals surface area contributed by atoms with E-state index in [0.29, 0.717) is 31.2 Å². The summed E-state index contributed by atoms with van der Waals surface area (Å²) < 4.78 is 24.7. The SMILES string of the molecule is CC(=CC(C)CCC1CCCC(C2CCC(C)C(CCCNC(=O)C(C)C(O)CNC(=O)CC3OC(CC(=O)C4OC4C)CCC3C)O2)O1)CCC(=O)O. The Bertz CT molecular complexity index is 1260. The van der Waals surface area contributed by atoms with Crippen molar-refractivity contribution in [3.05, 3.63) is 11.6 Å². The van der Waals surface area contributed by atoms with E-state index in [-0.39, 0.29) is 91.7 Å². The van der Waals surface area contributed by atoms with E-state index in [0.717, 1.165) is 76.2 Å². The molecule has 4 rings (SSSR count). The number of rotatable bonds is 21. The summed E-state index contributed by atoms with van der Waals surface area (Å²) in [6, 6.07) is 0. The molecule has 4 saturated heterocycles. The molecule has 4 aliphatic heterocycles. The molecule has 2 amide bonds. The molecule has 0 aromatic rings. The highest BCUT2D eigenvalue weighted by Gasteiger charge is 2.42. The van der Waals surface area contributed by atoms with Gasteiger partial charge in [0.05, 0.1) is 61.2 Å². The van der Waals surface area contributed by atoms with Crippen molar-refractivity contribution in [3.63, 3.8) is 0 Å². The van der Waals surface area contributed by atoms with Crippen LogP contribution in [0.5, 0.6) is 0 Å². The van der Waals surface area contributed by atoms with Crippen LogP contribution in [0.1, 0.15) is 138 Å². The lowest BCUT2D eigenvalue weighted by molar-refractivity contribution is -0.173. The molecule has 4 heterocycles. The van der Waals surface area contributed by atoms with Gasteiger partial charge in [0.2, 0.25) is 11.8 Å². The van der Waals surface area contributed by atoms with E-state index in [4.69, 9.17) is 24.1 Å². The normalized spacial score (nSPS) is 33.3. The lowest BCUT2D eigenvalue weighted by Crippen LogP contribution is -2.45. The number of amides is 2. The molecule has 4 aliphatic rings. The van der Waals surface area contributed by atoms with Crippen LogP contribution < -0.4 is 10.6 Å². The van der Waals surface area contributed by atoms with E-state index in [1.165, 1.54) is 0 Å². The molecule has 0 aliphatic carbocycles. The van der Waals surface area contributed by atoms with Crippen molar-refractivity contribution in [1.82, 2.24) is 10.6 Å². The van der Waals surface area contributed by atoms with Gasteiger partial charge in [0, 0.05) is 25.9 Å². The minimum atomic E-state index is -1.03. The molecule has 54 heavy (non-hydrogen) atoms.